The number of anilines is 2. The van der Waals surface area contributed by atoms with Gasteiger partial charge in [-0.3, -0.25) is 0 Å². The summed E-state index contributed by atoms with van der Waals surface area (Å²) < 4.78 is 4.74. The maximum atomic E-state index is 3.88. The number of nitrogens with zero attached hydrogens (tertiary/aromatic N) is 2. The molecule has 9 rings (SSSR count). The van der Waals surface area contributed by atoms with E-state index < -0.39 is 0 Å². The summed E-state index contributed by atoms with van der Waals surface area (Å²) in [5.41, 5.74) is 11.6. The SMILES string of the molecule is c1ccc(-n2c3ccccc3c3cc(-c4ccccc4Nc4cccc5c6ccccc6n(-c6ccccc6)c45)ccc32)cc1. The lowest BCUT2D eigenvalue weighted by atomic mass is 10.0. The van der Waals surface area contributed by atoms with Crippen LogP contribution in [0.15, 0.2) is 170 Å². The lowest BCUT2D eigenvalue weighted by Crippen LogP contribution is -1.99. The first kappa shape index (κ1) is 25.4. The highest BCUT2D eigenvalue weighted by Crippen LogP contribution is 2.40. The smallest absolute Gasteiger partial charge is 0.0776 e. The van der Waals surface area contributed by atoms with Crippen LogP contribution in [0.3, 0.4) is 0 Å². The topological polar surface area (TPSA) is 21.9 Å². The van der Waals surface area contributed by atoms with Crippen molar-refractivity contribution in [3.8, 4) is 22.5 Å². The van der Waals surface area contributed by atoms with Crippen molar-refractivity contribution in [1.29, 1.82) is 0 Å². The molecule has 0 bridgehead atoms. The fourth-order valence-electron chi connectivity index (χ4n) is 6.95. The van der Waals surface area contributed by atoms with Gasteiger partial charge in [-0.25, -0.2) is 0 Å². The predicted molar refractivity (Wildman–Crippen MR) is 190 cm³/mol. The van der Waals surface area contributed by atoms with Gasteiger partial charge in [0.25, 0.3) is 0 Å². The van der Waals surface area contributed by atoms with E-state index in [-0.39, 0.29) is 0 Å². The minimum atomic E-state index is 1.07. The first-order chi connectivity index (χ1) is 22.3. The summed E-state index contributed by atoms with van der Waals surface area (Å²) in [5.74, 6) is 0. The zero-order chi connectivity index (χ0) is 29.7. The van der Waals surface area contributed by atoms with Crippen LogP contribution in [0.4, 0.5) is 11.4 Å². The first-order valence-electron chi connectivity index (χ1n) is 15.4. The minimum Gasteiger partial charge on any atom is -0.353 e. The molecule has 0 fully saturated rings. The molecule has 0 spiro atoms. The number of aromatic nitrogens is 2. The molecule has 2 aromatic heterocycles. The van der Waals surface area contributed by atoms with E-state index in [1.54, 1.807) is 0 Å². The molecule has 0 aliphatic rings. The highest BCUT2D eigenvalue weighted by atomic mass is 15.0. The second kappa shape index (κ2) is 10.3. The average Bonchev–Trinajstić information content (AvgIpc) is 3.63. The number of fused-ring (bicyclic) bond motifs is 6. The lowest BCUT2D eigenvalue weighted by molar-refractivity contribution is 1.18. The van der Waals surface area contributed by atoms with Crippen LogP contribution in [0, 0.1) is 0 Å². The Balaban J connectivity index is 1.22. The van der Waals surface area contributed by atoms with E-state index >= 15 is 0 Å². The van der Waals surface area contributed by atoms with Crippen molar-refractivity contribution >= 4 is 55.0 Å². The molecule has 0 saturated carbocycles. The molecule has 0 radical (unpaired) electrons. The molecule has 9 aromatic rings. The van der Waals surface area contributed by atoms with Crippen LogP contribution in [0.25, 0.3) is 66.1 Å². The molecule has 3 nitrogen and oxygen atoms in total. The molecular weight excluding hydrogens is 546 g/mol. The van der Waals surface area contributed by atoms with Crippen molar-refractivity contribution in [2.45, 2.75) is 0 Å². The van der Waals surface area contributed by atoms with Crippen LogP contribution >= 0.6 is 0 Å². The summed E-state index contributed by atoms with van der Waals surface area (Å²) in [4.78, 5) is 0. The van der Waals surface area contributed by atoms with Gasteiger partial charge in [0.2, 0.25) is 0 Å². The van der Waals surface area contributed by atoms with Gasteiger partial charge in [-0.15, -0.1) is 0 Å². The summed E-state index contributed by atoms with van der Waals surface area (Å²) in [6.07, 6.45) is 0. The number of hydrogen-bond acceptors (Lipinski definition) is 1. The average molecular weight is 576 g/mol. The van der Waals surface area contributed by atoms with E-state index in [0.717, 1.165) is 22.6 Å². The van der Waals surface area contributed by atoms with Gasteiger partial charge in [0.15, 0.2) is 0 Å². The van der Waals surface area contributed by atoms with Crippen molar-refractivity contribution in [3.63, 3.8) is 0 Å². The third kappa shape index (κ3) is 4.05. The quantitative estimate of drug-likeness (QED) is 0.217. The Bertz CT molecular complexity index is 2500. The maximum Gasteiger partial charge on any atom is 0.0776 e. The monoisotopic (exact) mass is 575 g/mol. The first-order valence-corrected chi connectivity index (χ1v) is 15.4. The highest BCUT2D eigenvalue weighted by Gasteiger charge is 2.17. The molecule has 0 saturated heterocycles. The molecule has 3 heteroatoms. The van der Waals surface area contributed by atoms with E-state index in [4.69, 9.17) is 0 Å². The third-order valence-electron chi connectivity index (χ3n) is 8.90. The van der Waals surface area contributed by atoms with Gasteiger partial charge in [-0.2, -0.15) is 0 Å². The standard InChI is InChI=1S/C42H29N3/c1-3-14-30(15-4-1)44-39-24-11-9-20-34(39)36-28-29(26-27-41(36)44)32-18-7-10-22-37(32)43-38-23-13-21-35-33-19-8-12-25-40(33)45(42(35)38)31-16-5-2-6-17-31/h1-28,43H. The van der Waals surface area contributed by atoms with E-state index in [1.807, 2.05) is 0 Å². The predicted octanol–water partition coefficient (Wildman–Crippen LogP) is 11.3. The summed E-state index contributed by atoms with van der Waals surface area (Å²) in [7, 11) is 0. The van der Waals surface area contributed by atoms with Gasteiger partial charge in [-0.1, -0.05) is 109 Å². The second-order valence-electron chi connectivity index (χ2n) is 11.5. The van der Waals surface area contributed by atoms with Gasteiger partial charge in [-0.05, 0) is 66.2 Å². The number of rotatable bonds is 5. The highest BCUT2D eigenvalue weighted by molar-refractivity contribution is 6.14. The zero-order valence-corrected chi connectivity index (χ0v) is 24.6. The van der Waals surface area contributed by atoms with Crippen molar-refractivity contribution in [3.05, 3.63) is 170 Å². The molecule has 1 N–H and O–H groups in total. The summed E-state index contributed by atoms with van der Waals surface area (Å²) in [6.45, 7) is 0. The van der Waals surface area contributed by atoms with Gasteiger partial charge < -0.3 is 14.5 Å². The molecule has 0 atom stereocenters. The van der Waals surface area contributed by atoms with Crippen LogP contribution in [0.2, 0.25) is 0 Å². The maximum absolute atomic E-state index is 3.88. The number of nitrogens with one attached hydrogen (secondary N) is 1. The van der Waals surface area contributed by atoms with E-state index in [0.29, 0.717) is 0 Å². The van der Waals surface area contributed by atoms with E-state index in [2.05, 4.69) is 184 Å². The summed E-state index contributed by atoms with van der Waals surface area (Å²) >= 11 is 0. The summed E-state index contributed by atoms with van der Waals surface area (Å²) in [5, 5.41) is 8.84. The fraction of sp³-hybridized carbons (Fsp3) is 0. The molecule has 0 aliphatic carbocycles. The second-order valence-corrected chi connectivity index (χ2v) is 11.5. The van der Waals surface area contributed by atoms with Gasteiger partial charge >= 0.3 is 0 Å². The Hall–Kier alpha value is -6.06. The molecule has 0 amide bonds. The number of benzene rings is 7. The largest absolute Gasteiger partial charge is 0.353 e. The van der Waals surface area contributed by atoms with Crippen LogP contribution in [0.1, 0.15) is 0 Å². The Labute approximate surface area is 261 Å². The molecule has 2 heterocycles. The Morgan fingerprint density at radius 3 is 1.64 bits per heavy atom. The molecule has 0 aliphatic heterocycles. The Morgan fingerprint density at radius 2 is 0.889 bits per heavy atom. The van der Waals surface area contributed by atoms with Crippen molar-refractivity contribution < 1.29 is 0 Å². The Morgan fingerprint density at radius 1 is 0.356 bits per heavy atom. The van der Waals surface area contributed by atoms with E-state index in [9.17, 15) is 0 Å². The van der Waals surface area contributed by atoms with Crippen LogP contribution in [-0.2, 0) is 0 Å². The molecule has 212 valence electrons. The molecule has 45 heavy (non-hydrogen) atoms. The van der Waals surface area contributed by atoms with Crippen molar-refractivity contribution in [2.24, 2.45) is 0 Å². The normalized spacial score (nSPS) is 11.6. The Kier molecular flexibility index (Phi) is 5.82. The van der Waals surface area contributed by atoms with Crippen LogP contribution in [-0.4, -0.2) is 9.13 Å². The van der Waals surface area contributed by atoms with Crippen LogP contribution in [0.5, 0.6) is 0 Å². The van der Waals surface area contributed by atoms with Crippen molar-refractivity contribution in [1.82, 2.24) is 9.13 Å². The van der Waals surface area contributed by atoms with Crippen LogP contribution < -0.4 is 5.32 Å². The molecule has 0 unspecified atom stereocenters. The number of hydrogen-bond donors (Lipinski definition) is 1. The van der Waals surface area contributed by atoms with Gasteiger partial charge in [0.1, 0.15) is 0 Å². The number of para-hydroxylation sites is 6. The molecule has 7 aromatic carbocycles. The van der Waals surface area contributed by atoms with Crippen molar-refractivity contribution in [2.75, 3.05) is 5.32 Å². The minimum absolute atomic E-state index is 1.07. The lowest BCUT2D eigenvalue weighted by Gasteiger charge is -2.16. The third-order valence-corrected chi connectivity index (χ3v) is 8.90. The molecular formula is C42H29N3. The van der Waals surface area contributed by atoms with Gasteiger partial charge in [0, 0.05) is 44.2 Å². The zero-order valence-electron chi connectivity index (χ0n) is 24.6. The van der Waals surface area contributed by atoms with Gasteiger partial charge in [0.05, 0.1) is 27.8 Å². The fourth-order valence-corrected chi connectivity index (χ4v) is 6.95. The van der Waals surface area contributed by atoms with E-state index in [1.165, 1.54) is 54.9 Å². The summed E-state index contributed by atoms with van der Waals surface area (Å²) in [6, 6.07) is 60.7.